The zero-order chi connectivity index (χ0) is 18.7. The van der Waals surface area contributed by atoms with Crippen LogP contribution in [0.15, 0.2) is 24.3 Å². The lowest BCUT2D eigenvalue weighted by Crippen LogP contribution is -2.57. The van der Waals surface area contributed by atoms with E-state index >= 15 is 0 Å². The van der Waals surface area contributed by atoms with Crippen molar-refractivity contribution in [2.24, 2.45) is 0 Å². The van der Waals surface area contributed by atoms with Gasteiger partial charge in [0.2, 0.25) is 5.91 Å². The molecule has 8 nitrogen and oxygen atoms in total. The van der Waals surface area contributed by atoms with Crippen molar-refractivity contribution in [2.45, 2.75) is 37.1 Å². The number of aliphatic hydroxyl groups excluding tert-OH is 2. The average Bonchev–Trinajstić information content (AvgIpc) is 3.50. The summed E-state index contributed by atoms with van der Waals surface area (Å²) in [6.07, 6.45) is 0.896. The highest BCUT2D eigenvalue weighted by Crippen LogP contribution is 2.39. The van der Waals surface area contributed by atoms with E-state index in [0.29, 0.717) is 5.75 Å². The Balaban J connectivity index is 1.89. The fourth-order valence-electron chi connectivity index (χ4n) is 3.20. The van der Waals surface area contributed by atoms with Crippen molar-refractivity contribution in [3.63, 3.8) is 0 Å². The zero-order valence-corrected chi connectivity index (χ0v) is 14.6. The van der Waals surface area contributed by atoms with Gasteiger partial charge in [0.1, 0.15) is 12.4 Å². The normalized spacial score (nSPS) is 23.2. The van der Waals surface area contributed by atoms with Crippen LogP contribution >= 0.6 is 0 Å². The Bertz CT molecular complexity index is 642. The molecule has 0 unspecified atom stereocenters. The number of hydrogen-bond donors (Lipinski definition) is 3. The summed E-state index contributed by atoms with van der Waals surface area (Å²) in [5.41, 5.74) is 0.774. The molecule has 3 N–H and O–H groups in total. The van der Waals surface area contributed by atoms with E-state index in [-0.39, 0.29) is 31.8 Å². The van der Waals surface area contributed by atoms with Gasteiger partial charge in [-0.1, -0.05) is 12.1 Å². The average molecular weight is 364 g/mol. The molecule has 3 rings (SSSR count). The second-order valence-electron chi connectivity index (χ2n) is 6.55. The largest absolute Gasteiger partial charge is 0.497 e. The molecule has 0 spiro atoms. The van der Waals surface area contributed by atoms with Crippen LogP contribution in [0.25, 0.3) is 0 Å². The van der Waals surface area contributed by atoms with Gasteiger partial charge in [0.05, 0.1) is 32.4 Å². The Morgan fingerprint density at radius 1 is 1.31 bits per heavy atom. The van der Waals surface area contributed by atoms with Gasteiger partial charge in [-0.15, -0.1) is 0 Å². The molecule has 1 aromatic rings. The number of hydrogen-bond acceptors (Lipinski definition) is 6. The van der Waals surface area contributed by atoms with Gasteiger partial charge in [-0.2, -0.15) is 0 Å². The SMILES string of the molecule is COc1ccc([C@@H]2[C@@H](C(=O)NC(CO)CO)OCC(=O)N2C2CC2)cc1. The lowest BCUT2D eigenvalue weighted by Gasteiger charge is -2.41. The van der Waals surface area contributed by atoms with Crippen LogP contribution in [-0.4, -0.2) is 72.0 Å². The minimum Gasteiger partial charge on any atom is -0.497 e. The van der Waals surface area contributed by atoms with E-state index in [1.165, 1.54) is 0 Å². The number of amides is 2. The fourth-order valence-corrected chi connectivity index (χ4v) is 3.20. The Hall–Kier alpha value is -2.16. The molecule has 1 aliphatic heterocycles. The molecular formula is C18H24N2O6. The van der Waals surface area contributed by atoms with Gasteiger partial charge in [0.15, 0.2) is 6.10 Å². The van der Waals surface area contributed by atoms with Crippen molar-refractivity contribution in [1.82, 2.24) is 10.2 Å². The van der Waals surface area contributed by atoms with E-state index < -0.39 is 24.1 Å². The van der Waals surface area contributed by atoms with Gasteiger partial charge < -0.3 is 29.9 Å². The maximum atomic E-state index is 12.7. The van der Waals surface area contributed by atoms with E-state index in [2.05, 4.69) is 5.32 Å². The molecule has 1 saturated heterocycles. The van der Waals surface area contributed by atoms with Crippen LogP contribution in [0.3, 0.4) is 0 Å². The maximum absolute atomic E-state index is 12.7. The van der Waals surface area contributed by atoms with Gasteiger partial charge in [-0.3, -0.25) is 9.59 Å². The first-order valence-electron chi connectivity index (χ1n) is 8.67. The van der Waals surface area contributed by atoms with Crippen LogP contribution < -0.4 is 10.1 Å². The molecule has 8 heteroatoms. The van der Waals surface area contributed by atoms with Crippen molar-refractivity contribution < 1.29 is 29.3 Å². The van der Waals surface area contributed by atoms with E-state index in [1.807, 2.05) is 12.1 Å². The number of morpholine rings is 1. The van der Waals surface area contributed by atoms with Gasteiger partial charge >= 0.3 is 0 Å². The monoisotopic (exact) mass is 364 g/mol. The molecule has 1 heterocycles. The van der Waals surface area contributed by atoms with Gasteiger partial charge in [-0.25, -0.2) is 0 Å². The highest BCUT2D eigenvalue weighted by atomic mass is 16.5. The van der Waals surface area contributed by atoms with E-state index in [0.717, 1.165) is 18.4 Å². The van der Waals surface area contributed by atoms with Crippen molar-refractivity contribution in [3.05, 3.63) is 29.8 Å². The summed E-state index contributed by atoms with van der Waals surface area (Å²) in [5.74, 6) is 0.0757. The van der Waals surface area contributed by atoms with Crippen LogP contribution in [0.5, 0.6) is 5.75 Å². The second-order valence-corrected chi connectivity index (χ2v) is 6.55. The van der Waals surface area contributed by atoms with Crippen LogP contribution in [-0.2, 0) is 14.3 Å². The highest BCUT2D eigenvalue weighted by Gasteiger charge is 2.47. The Morgan fingerprint density at radius 3 is 2.50 bits per heavy atom. The molecule has 26 heavy (non-hydrogen) atoms. The number of ether oxygens (including phenoxy) is 2. The number of carbonyl (C=O) groups is 2. The van der Waals surface area contributed by atoms with E-state index in [1.54, 1.807) is 24.1 Å². The first-order chi connectivity index (χ1) is 12.6. The number of rotatable bonds is 7. The number of aliphatic hydroxyl groups is 2. The highest BCUT2D eigenvalue weighted by molar-refractivity contribution is 5.87. The van der Waals surface area contributed by atoms with Crippen molar-refractivity contribution in [3.8, 4) is 5.75 Å². The molecule has 0 aromatic heterocycles. The topological polar surface area (TPSA) is 108 Å². The third-order valence-corrected chi connectivity index (χ3v) is 4.70. The predicted octanol–water partition coefficient (Wildman–Crippen LogP) is -0.404. The van der Waals surface area contributed by atoms with E-state index in [9.17, 15) is 19.8 Å². The molecule has 0 bridgehead atoms. The standard InChI is InChI=1S/C18H24N2O6/c1-25-14-6-2-11(3-7-14)16-17(18(24)19-12(8-21)9-22)26-10-15(23)20(16)13-4-5-13/h2-3,6-7,12-13,16-17,21-22H,4-5,8-10H2,1H3,(H,19,24)/t16-,17+/m1/s1. The van der Waals surface area contributed by atoms with Crippen LogP contribution in [0.1, 0.15) is 24.4 Å². The van der Waals surface area contributed by atoms with Crippen molar-refractivity contribution in [1.29, 1.82) is 0 Å². The smallest absolute Gasteiger partial charge is 0.252 e. The minimum atomic E-state index is -0.915. The zero-order valence-electron chi connectivity index (χ0n) is 14.6. The summed E-state index contributed by atoms with van der Waals surface area (Å²) >= 11 is 0. The molecule has 2 fully saturated rings. The summed E-state index contributed by atoms with van der Waals surface area (Å²) in [7, 11) is 1.57. The quantitative estimate of drug-likeness (QED) is 0.607. The number of carbonyl (C=O) groups excluding carboxylic acids is 2. The lowest BCUT2D eigenvalue weighted by atomic mass is 9.96. The van der Waals surface area contributed by atoms with Crippen molar-refractivity contribution in [2.75, 3.05) is 26.9 Å². The first-order valence-corrected chi connectivity index (χ1v) is 8.67. The summed E-state index contributed by atoms with van der Waals surface area (Å²) in [6, 6.07) is 5.97. The maximum Gasteiger partial charge on any atom is 0.252 e. The number of nitrogens with one attached hydrogen (secondary N) is 1. The molecule has 142 valence electrons. The fraction of sp³-hybridized carbons (Fsp3) is 0.556. The third-order valence-electron chi connectivity index (χ3n) is 4.70. The van der Waals surface area contributed by atoms with Crippen LogP contribution in [0, 0.1) is 0 Å². The molecular weight excluding hydrogens is 340 g/mol. The Kier molecular flexibility index (Phi) is 5.75. The molecule has 2 atom stereocenters. The Labute approximate surface area is 151 Å². The minimum absolute atomic E-state index is 0.111. The summed E-state index contributed by atoms with van der Waals surface area (Å²) < 4.78 is 10.7. The van der Waals surface area contributed by atoms with Gasteiger partial charge in [-0.05, 0) is 30.5 Å². The summed E-state index contributed by atoms with van der Waals surface area (Å²) in [4.78, 5) is 26.9. The number of nitrogens with zero attached hydrogens (tertiary/aromatic N) is 1. The summed E-state index contributed by atoms with van der Waals surface area (Å²) in [6.45, 7) is -0.926. The Morgan fingerprint density at radius 2 is 1.96 bits per heavy atom. The molecule has 0 radical (unpaired) electrons. The lowest BCUT2D eigenvalue weighted by molar-refractivity contribution is -0.165. The van der Waals surface area contributed by atoms with Gasteiger partial charge in [0, 0.05) is 6.04 Å². The molecule has 1 saturated carbocycles. The predicted molar refractivity (Wildman–Crippen MR) is 91.4 cm³/mol. The third kappa shape index (κ3) is 3.82. The van der Waals surface area contributed by atoms with Gasteiger partial charge in [0.25, 0.3) is 5.91 Å². The molecule has 2 aliphatic rings. The molecule has 1 aliphatic carbocycles. The van der Waals surface area contributed by atoms with Crippen molar-refractivity contribution >= 4 is 11.8 Å². The number of methoxy groups -OCH3 is 1. The van der Waals surface area contributed by atoms with E-state index in [4.69, 9.17) is 9.47 Å². The first kappa shape index (κ1) is 18.6. The number of benzene rings is 1. The van der Waals surface area contributed by atoms with Crippen LogP contribution in [0.2, 0.25) is 0 Å². The summed E-state index contributed by atoms with van der Waals surface area (Å²) in [5, 5.41) is 21.0. The molecule has 2 amide bonds. The molecule has 1 aromatic carbocycles. The van der Waals surface area contributed by atoms with Crippen LogP contribution in [0.4, 0.5) is 0 Å². The second kappa shape index (κ2) is 8.03.